The van der Waals surface area contributed by atoms with E-state index < -0.39 is 16.8 Å². The maximum absolute atomic E-state index is 12.7. The molecule has 36 heavy (non-hydrogen) atoms. The molecular formula is C25H33N3O5S3. The molecule has 2 N–H and O–H groups in total. The molecule has 0 bridgehead atoms. The lowest BCUT2D eigenvalue weighted by Gasteiger charge is -2.11. The van der Waals surface area contributed by atoms with Crippen LogP contribution in [0.15, 0.2) is 29.6 Å². The SMILES string of the molecule is COc1ccc2nc(S(=O)Cc3ncc(C)c(OC)c3C)[nH]c2c1.O=C(O)CCCC[C@@H]1CCSS1. The van der Waals surface area contributed by atoms with Crippen molar-refractivity contribution >= 4 is 49.4 Å². The van der Waals surface area contributed by atoms with E-state index in [1.165, 1.54) is 18.6 Å². The number of unbranched alkanes of at least 4 members (excludes halogenated alkanes) is 1. The highest BCUT2D eigenvalue weighted by Gasteiger charge is 2.17. The molecule has 0 aliphatic carbocycles. The van der Waals surface area contributed by atoms with Gasteiger partial charge in [-0.25, -0.2) is 4.98 Å². The molecule has 8 nitrogen and oxygen atoms in total. The number of imidazole rings is 1. The number of aromatic nitrogens is 3. The van der Waals surface area contributed by atoms with E-state index >= 15 is 0 Å². The number of hydrogen-bond donors (Lipinski definition) is 2. The third-order valence-electron chi connectivity index (χ3n) is 5.79. The average molecular weight is 552 g/mol. The number of aryl methyl sites for hydroxylation is 1. The molecule has 0 radical (unpaired) electrons. The van der Waals surface area contributed by atoms with Gasteiger partial charge in [-0.05, 0) is 45.2 Å². The second-order valence-corrected chi connectivity index (χ2v) is 12.6. The molecule has 0 amide bonds. The van der Waals surface area contributed by atoms with Gasteiger partial charge < -0.3 is 19.6 Å². The third-order valence-corrected chi connectivity index (χ3v) is 9.96. The molecule has 1 aliphatic heterocycles. The number of aliphatic carboxylic acids is 1. The van der Waals surface area contributed by atoms with Crippen molar-refractivity contribution in [3.63, 3.8) is 0 Å². The summed E-state index contributed by atoms with van der Waals surface area (Å²) in [5.74, 6) is 2.40. The molecule has 0 saturated carbocycles. The fraction of sp³-hybridized carbons (Fsp3) is 0.480. The summed E-state index contributed by atoms with van der Waals surface area (Å²) in [6, 6.07) is 5.50. The summed E-state index contributed by atoms with van der Waals surface area (Å²) in [4.78, 5) is 22.1. The topological polar surface area (TPSA) is 114 Å². The van der Waals surface area contributed by atoms with Crippen LogP contribution in [0.2, 0.25) is 0 Å². The van der Waals surface area contributed by atoms with Gasteiger partial charge in [-0.3, -0.25) is 14.0 Å². The first kappa shape index (κ1) is 28.3. The number of carboxylic acids is 1. The van der Waals surface area contributed by atoms with E-state index in [4.69, 9.17) is 14.6 Å². The lowest BCUT2D eigenvalue weighted by atomic mass is 10.1. The van der Waals surface area contributed by atoms with Gasteiger partial charge in [-0.15, -0.1) is 0 Å². The van der Waals surface area contributed by atoms with Crippen LogP contribution in [-0.4, -0.2) is 55.5 Å². The van der Waals surface area contributed by atoms with E-state index in [0.29, 0.717) is 11.6 Å². The maximum atomic E-state index is 12.7. The Kier molecular flexibility index (Phi) is 10.9. The zero-order chi connectivity index (χ0) is 26.1. The minimum Gasteiger partial charge on any atom is -0.497 e. The number of rotatable bonds is 10. The van der Waals surface area contributed by atoms with E-state index in [0.717, 1.165) is 57.4 Å². The smallest absolute Gasteiger partial charge is 0.303 e. The van der Waals surface area contributed by atoms with Crippen molar-refractivity contribution in [2.45, 2.75) is 62.1 Å². The van der Waals surface area contributed by atoms with E-state index in [9.17, 15) is 9.00 Å². The van der Waals surface area contributed by atoms with Gasteiger partial charge in [0.25, 0.3) is 0 Å². The highest BCUT2D eigenvalue weighted by Crippen LogP contribution is 2.39. The summed E-state index contributed by atoms with van der Waals surface area (Å²) < 4.78 is 23.3. The number of nitrogens with one attached hydrogen (secondary N) is 1. The second kappa shape index (κ2) is 13.9. The van der Waals surface area contributed by atoms with Crippen LogP contribution < -0.4 is 9.47 Å². The van der Waals surface area contributed by atoms with Crippen molar-refractivity contribution in [2.75, 3.05) is 20.0 Å². The Morgan fingerprint density at radius 1 is 1.25 bits per heavy atom. The number of carbonyl (C=O) groups is 1. The molecule has 1 aliphatic rings. The maximum Gasteiger partial charge on any atom is 0.303 e. The fourth-order valence-corrected chi connectivity index (χ4v) is 7.95. The summed E-state index contributed by atoms with van der Waals surface area (Å²) in [6.45, 7) is 3.86. The van der Waals surface area contributed by atoms with Crippen molar-refractivity contribution in [3.8, 4) is 11.5 Å². The molecule has 4 rings (SSSR count). The minimum absolute atomic E-state index is 0.277. The Hall–Kier alpha value is -2.24. The molecule has 1 aromatic carbocycles. The fourth-order valence-electron chi connectivity index (χ4n) is 3.82. The van der Waals surface area contributed by atoms with E-state index in [1.54, 1.807) is 20.4 Å². The molecule has 3 aromatic rings. The van der Waals surface area contributed by atoms with Crippen molar-refractivity contribution in [1.82, 2.24) is 15.0 Å². The van der Waals surface area contributed by atoms with Gasteiger partial charge in [0.05, 0.1) is 47.5 Å². The van der Waals surface area contributed by atoms with Gasteiger partial charge in [0.2, 0.25) is 0 Å². The number of benzene rings is 1. The monoisotopic (exact) mass is 551 g/mol. The number of methoxy groups -OCH3 is 2. The number of pyridine rings is 1. The first-order chi connectivity index (χ1) is 17.3. The number of carboxylic acid groups (broad SMARTS) is 1. The van der Waals surface area contributed by atoms with E-state index in [2.05, 4.69) is 15.0 Å². The van der Waals surface area contributed by atoms with Gasteiger partial charge in [0.15, 0.2) is 5.16 Å². The average Bonchev–Trinajstić information content (AvgIpc) is 3.53. The molecule has 1 unspecified atom stereocenters. The van der Waals surface area contributed by atoms with E-state index in [-0.39, 0.29) is 5.75 Å². The van der Waals surface area contributed by atoms with Crippen LogP contribution >= 0.6 is 21.6 Å². The molecule has 2 atom stereocenters. The second-order valence-electron chi connectivity index (χ2n) is 8.43. The van der Waals surface area contributed by atoms with Crippen LogP contribution in [0.25, 0.3) is 11.0 Å². The predicted octanol–water partition coefficient (Wildman–Crippen LogP) is 5.68. The van der Waals surface area contributed by atoms with Crippen molar-refractivity contribution in [3.05, 3.63) is 41.2 Å². The Labute approximate surface area is 222 Å². The van der Waals surface area contributed by atoms with Gasteiger partial charge >= 0.3 is 5.97 Å². The summed E-state index contributed by atoms with van der Waals surface area (Å²) in [5, 5.41) is 9.62. The standard InChI is InChI=1S/C17H19N3O3S.C8H14O2S2/c1-10-8-18-15(11(2)16(10)23-4)9-24(21)17-19-13-6-5-12(22-3)7-14(13)20-17;9-8(10)4-2-1-3-7-5-6-11-12-7/h5-8H,9H2,1-4H3,(H,19,20);7H,1-6H2,(H,9,10)/t;7-/m.1/s1. The quantitative estimate of drug-likeness (QED) is 0.242. The number of hydrogen-bond acceptors (Lipinski definition) is 8. The van der Waals surface area contributed by atoms with Crippen molar-refractivity contribution < 1.29 is 23.6 Å². The number of nitrogens with zero attached hydrogens (tertiary/aromatic N) is 2. The van der Waals surface area contributed by atoms with Crippen molar-refractivity contribution in [2.24, 2.45) is 0 Å². The van der Waals surface area contributed by atoms with Crippen LogP contribution in [-0.2, 0) is 21.3 Å². The number of H-pyrrole nitrogens is 1. The lowest BCUT2D eigenvalue weighted by molar-refractivity contribution is -0.137. The molecule has 196 valence electrons. The summed E-state index contributed by atoms with van der Waals surface area (Å²) in [7, 11) is 5.82. The molecule has 2 aromatic heterocycles. The lowest BCUT2D eigenvalue weighted by Crippen LogP contribution is -2.05. The van der Waals surface area contributed by atoms with Crippen LogP contribution in [0, 0.1) is 13.8 Å². The van der Waals surface area contributed by atoms with Gasteiger partial charge in [-0.2, -0.15) is 0 Å². The summed E-state index contributed by atoms with van der Waals surface area (Å²) >= 11 is 0. The molecule has 1 fully saturated rings. The first-order valence-corrected chi connectivity index (χ1v) is 15.4. The number of aromatic amines is 1. The van der Waals surface area contributed by atoms with Crippen LogP contribution in [0.3, 0.4) is 0 Å². The number of ether oxygens (including phenoxy) is 2. The van der Waals surface area contributed by atoms with Crippen LogP contribution in [0.5, 0.6) is 11.5 Å². The van der Waals surface area contributed by atoms with Gasteiger partial charge in [-0.1, -0.05) is 28.0 Å². The van der Waals surface area contributed by atoms with E-state index in [1.807, 2.05) is 53.6 Å². The highest BCUT2D eigenvalue weighted by atomic mass is 33.1. The molecule has 11 heteroatoms. The summed E-state index contributed by atoms with van der Waals surface area (Å²) in [5.41, 5.74) is 4.16. The van der Waals surface area contributed by atoms with Gasteiger partial charge in [0, 0.05) is 40.8 Å². The minimum atomic E-state index is -1.33. The van der Waals surface area contributed by atoms with Gasteiger partial charge in [0.1, 0.15) is 11.5 Å². The first-order valence-electron chi connectivity index (χ1n) is 11.7. The molecule has 3 heterocycles. The number of fused-ring (bicyclic) bond motifs is 1. The largest absolute Gasteiger partial charge is 0.497 e. The Balaban J connectivity index is 0.000000253. The molecule has 1 saturated heterocycles. The zero-order valence-electron chi connectivity index (χ0n) is 21.0. The molecular weight excluding hydrogens is 518 g/mol. The highest BCUT2D eigenvalue weighted by molar-refractivity contribution is 8.77. The normalized spacial score (nSPS) is 15.8. The predicted molar refractivity (Wildman–Crippen MR) is 148 cm³/mol. The van der Waals surface area contributed by atoms with Crippen LogP contribution in [0.4, 0.5) is 0 Å². The Morgan fingerprint density at radius 2 is 2.06 bits per heavy atom. The zero-order valence-corrected chi connectivity index (χ0v) is 23.5. The molecule has 0 spiro atoms. The third kappa shape index (κ3) is 7.88. The summed E-state index contributed by atoms with van der Waals surface area (Å²) in [6.07, 6.45) is 6.50. The van der Waals surface area contributed by atoms with Crippen molar-refractivity contribution in [1.29, 1.82) is 0 Å². The van der Waals surface area contributed by atoms with Crippen LogP contribution in [0.1, 0.15) is 48.9 Å². The Morgan fingerprint density at radius 3 is 2.72 bits per heavy atom. The Bertz CT molecular complexity index is 1200.